The highest BCUT2D eigenvalue weighted by Crippen LogP contribution is 2.39. The van der Waals surface area contributed by atoms with Crippen LogP contribution in [0.25, 0.3) is 0 Å². The topological polar surface area (TPSA) is 60.7 Å². The highest BCUT2D eigenvalue weighted by atomic mass is 16.3. The average Bonchev–Trinajstić information content (AvgIpc) is 2.37. The number of likely N-dealkylation sites (N-methyl/N-ethyl adjacent to an activating group) is 1. The minimum atomic E-state index is -0.396. The average molecular weight is 188 g/mol. The Bertz CT molecular complexity index is 211. The van der Waals surface area contributed by atoms with Crippen molar-refractivity contribution in [2.45, 2.75) is 37.1 Å². The molecule has 0 radical (unpaired) electrons. The molecule has 3 N–H and O–H groups in total. The van der Waals surface area contributed by atoms with Crippen LogP contribution in [0.2, 0.25) is 0 Å². The van der Waals surface area contributed by atoms with Crippen molar-refractivity contribution >= 4 is 0 Å². The summed E-state index contributed by atoms with van der Waals surface area (Å²) in [6, 6.07) is 0.240. The first-order valence-electron chi connectivity index (χ1n) is 4.90. The van der Waals surface area contributed by atoms with Crippen LogP contribution in [0.1, 0.15) is 12.8 Å². The van der Waals surface area contributed by atoms with Gasteiger partial charge in [0.2, 0.25) is 0 Å². The predicted octanol–water partition coefficient (Wildman–Crippen LogP) is -1.31. The van der Waals surface area contributed by atoms with Gasteiger partial charge in [0.25, 0.3) is 0 Å². The van der Waals surface area contributed by atoms with Crippen molar-refractivity contribution in [1.29, 1.82) is 0 Å². The summed E-state index contributed by atoms with van der Waals surface area (Å²) in [5.41, 5.74) is 0. The van der Waals surface area contributed by atoms with E-state index in [4.69, 9.17) is 0 Å². The van der Waals surface area contributed by atoms with E-state index in [9.17, 15) is 15.3 Å². The van der Waals surface area contributed by atoms with Crippen LogP contribution >= 0.6 is 0 Å². The van der Waals surface area contributed by atoms with Crippen LogP contribution < -0.4 is 0 Å². The maximum Gasteiger partial charge on any atom is 0.139 e. The van der Waals surface area contributed by atoms with E-state index in [1.807, 2.05) is 7.05 Å². The molecule has 0 spiro atoms. The second-order valence-electron chi connectivity index (χ2n) is 4.63. The van der Waals surface area contributed by atoms with E-state index in [0.717, 1.165) is 12.8 Å². The molecule has 2 heterocycles. The van der Waals surface area contributed by atoms with Gasteiger partial charge in [0.05, 0.1) is 19.7 Å². The molecule has 2 aliphatic rings. The van der Waals surface area contributed by atoms with Crippen molar-refractivity contribution < 1.29 is 19.8 Å². The van der Waals surface area contributed by atoms with Crippen LogP contribution in [0.5, 0.6) is 0 Å². The molecular weight excluding hydrogens is 170 g/mol. The fourth-order valence-electron chi connectivity index (χ4n) is 3.11. The van der Waals surface area contributed by atoms with Crippen molar-refractivity contribution in [3.63, 3.8) is 0 Å². The molecule has 13 heavy (non-hydrogen) atoms. The van der Waals surface area contributed by atoms with E-state index >= 15 is 0 Å². The number of rotatable bonds is 1. The van der Waals surface area contributed by atoms with Gasteiger partial charge in [0.15, 0.2) is 0 Å². The quantitative estimate of drug-likeness (QED) is 0.448. The Morgan fingerprint density at radius 3 is 2.62 bits per heavy atom. The summed E-state index contributed by atoms with van der Waals surface area (Å²) in [5, 5.41) is 28.4. The summed E-state index contributed by atoms with van der Waals surface area (Å²) in [6.07, 6.45) is 0.840. The summed E-state index contributed by atoms with van der Waals surface area (Å²) in [7, 11) is 2.03. The molecule has 0 aromatic carbocycles. The second kappa shape index (κ2) is 2.92. The second-order valence-corrected chi connectivity index (χ2v) is 4.63. The lowest BCUT2D eigenvalue weighted by atomic mass is 10.1. The third kappa shape index (κ3) is 1.21. The number of quaternary nitrogens is 1. The maximum absolute atomic E-state index is 9.69. The number of hydrogen-bond acceptors (Lipinski definition) is 3. The summed E-state index contributed by atoms with van der Waals surface area (Å²) in [4.78, 5) is 0. The minimum Gasteiger partial charge on any atom is -0.390 e. The molecule has 5 atom stereocenters. The van der Waals surface area contributed by atoms with Crippen molar-refractivity contribution in [2.75, 3.05) is 20.2 Å². The molecule has 0 saturated carbocycles. The van der Waals surface area contributed by atoms with Gasteiger partial charge in [-0.2, -0.15) is 0 Å². The van der Waals surface area contributed by atoms with Crippen LogP contribution in [0.4, 0.5) is 0 Å². The Hall–Kier alpha value is -0.160. The molecule has 2 aliphatic heterocycles. The zero-order valence-corrected chi connectivity index (χ0v) is 7.93. The smallest absolute Gasteiger partial charge is 0.139 e. The van der Waals surface area contributed by atoms with Gasteiger partial charge in [-0.3, -0.25) is 0 Å². The highest BCUT2D eigenvalue weighted by molar-refractivity contribution is 4.89. The van der Waals surface area contributed by atoms with Gasteiger partial charge in [-0.05, 0) is 0 Å². The van der Waals surface area contributed by atoms with E-state index in [-0.39, 0.29) is 18.8 Å². The van der Waals surface area contributed by atoms with Crippen molar-refractivity contribution in [3.8, 4) is 0 Å². The molecule has 5 unspecified atom stereocenters. The molecule has 2 rings (SSSR count). The van der Waals surface area contributed by atoms with Gasteiger partial charge in [0, 0.05) is 12.8 Å². The predicted molar refractivity (Wildman–Crippen MR) is 47.0 cm³/mol. The summed E-state index contributed by atoms with van der Waals surface area (Å²) >= 11 is 0. The van der Waals surface area contributed by atoms with E-state index in [1.165, 1.54) is 0 Å². The SMILES string of the molecule is C[N+]12CC(O)CC1CC(O)C2CO. The van der Waals surface area contributed by atoms with Crippen molar-refractivity contribution in [1.82, 2.24) is 0 Å². The molecular formula is C9H18NO3+. The first-order valence-corrected chi connectivity index (χ1v) is 4.90. The van der Waals surface area contributed by atoms with E-state index in [2.05, 4.69) is 0 Å². The van der Waals surface area contributed by atoms with Crippen molar-refractivity contribution in [3.05, 3.63) is 0 Å². The number of fused-ring (bicyclic) bond motifs is 1. The lowest BCUT2D eigenvalue weighted by Gasteiger charge is -2.35. The van der Waals surface area contributed by atoms with E-state index in [0.29, 0.717) is 17.1 Å². The summed E-state index contributed by atoms with van der Waals surface area (Å²) in [5.74, 6) is 0. The normalized spacial score (nSPS) is 55.4. The van der Waals surface area contributed by atoms with Gasteiger partial charge >= 0.3 is 0 Å². The lowest BCUT2D eigenvalue weighted by Crippen LogP contribution is -2.54. The van der Waals surface area contributed by atoms with Crippen LogP contribution in [-0.4, -0.2) is 64.3 Å². The largest absolute Gasteiger partial charge is 0.390 e. The molecule has 0 aliphatic carbocycles. The fourth-order valence-corrected chi connectivity index (χ4v) is 3.11. The molecule has 0 amide bonds. The Morgan fingerprint density at radius 1 is 1.31 bits per heavy atom. The highest BCUT2D eigenvalue weighted by Gasteiger charge is 2.56. The number of aliphatic hydroxyl groups is 3. The molecule has 76 valence electrons. The molecule has 0 aromatic heterocycles. The Kier molecular flexibility index (Phi) is 2.11. The molecule has 0 aromatic rings. The Labute approximate surface area is 78.0 Å². The fraction of sp³-hybridized carbons (Fsp3) is 1.00. The molecule has 4 nitrogen and oxygen atoms in total. The number of hydrogen-bond donors (Lipinski definition) is 3. The number of nitrogens with zero attached hydrogens (tertiary/aromatic N) is 1. The molecule has 2 fully saturated rings. The third-order valence-electron chi connectivity index (χ3n) is 3.88. The Balaban J connectivity index is 2.21. The molecule has 0 bridgehead atoms. The summed E-state index contributed by atoms with van der Waals surface area (Å²) < 4.78 is 0.652. The molecule has 2 saturated heterocycles. The summed E-state index contributed by atoms with van der Waals surface area (Å²) in [6.45, 7) is 0.688. The van der Waals surface area contributed by atoms with Gasteiger partial charge in [-0.15, -0.1) is 0 Å². The molecule has 4 heteroatoms. The van der Waals surface area contributed by atoms with E-state index < -0.39 is 6.10 Å². The van der Waals surface area contributed by atoms with Gasteiger partial charge < -0.3 is 19.8 Å². The van der Waals surface area contributed by atoms with Crippen LogP contribution in [0, 0.1) is 0 Å². The van der Waals surface area contributed by atoms with Gasteiger partial charge in [-0.25, -0.2) is 0 Å². The zero-order valence-electron chi connectivity index (χ0n) is 7.93. The van der Waals surface area contributed by atoms with Crippen LogP contribution in [0.3, 0.4) is 0 Å². The number of aliphatic hydroxyl groups excluding tert-OH is 3. The van der Waals surface area contributed by atoms with Crippen LogP contribution in [-0.2, 0) is 0 Å². The first-order chi connectivity index (χ1) is 6.08. The van der Waals surface area contributed by atoms with Crippen LogP contribution in [0.15, 0.2) is 0 Å². The third-order valence-corrected chi connectivity index (χ3v) is 3.88. The minimum absolute atomic E-state index is 0.0148. The van der Waals surface area contributed by atoms with Gasteiger partial charge in [-0.1, -0.05) is 0 Å². The maximum atomic E-state index is 9.69. The Morgan fingerprint density at radius 2 is 2.00 bits per heavy atom. The monoisotopic (exact) mass is 188 g/mol. The van der Waals surface area contributed by atoms with E-state index in [1.54, 1.807) is 0 Å². The van der Waals surface area contributed by atoms with Crippen molar-refractivity contribution in [2.24, 2.45) is 0 Å². The standard InChI is InChI=1S/C9H18NO3/c1-10-4-7(12)2-6(10)3-9(13)8(10)5-11/h6-9,11-13H,2-5H2,1H3/q+1. The lowest BCUT2D eigenvalue weighted by molar-refractivity contribution is -0.934. The van der Waals surface area contributed by atoms with Gasteiger partial charge in [0.1, 0.15) is 24.8 Å². The zero-order chi connectivity index (χ0) is 9.64. The first kappa shape index (κ1) is 9.40.